The Hall–Kier alpha value is -0.570. The number of aliphatic hydroxyl groups is 1. The van der Waals surface area contributed by atoms with E-state index in [1.807, 2.05) is 13.8 Å². The Morgan fingerprint density at radius 3 is 2.25 bits per heavy atom. The van der Waals surface area contributed by atoms with E-state index in [2.05, 4.69) is 0 Å². The van der Waals surface area contributed by atoms with E-state index in [-0.39, 0.29) is 11.3 Å². The molecular formula is C9H14O3. The number of fused-ring (bicyclic) bond motifs is 1. The van der Waals surface area contributed by atoms with E-state index < -0.39 is 11.6 Å². The molecule has 0 aromatic heterocycles. The first-order valence-electron chi connectivity index (χ1n) is 4.35. The topological polar surface area (TPSA) is 57.5 Å². The van der Waals surface area contributed by atoms with Gasteiger partial charge < -0.3 is 10.2 Å². The van der Waals surface area contributed by atoms with Crippen molar-refractivity contribution in [1.29, 1.82) is 0 Å². The Morgan fingerprint density at radius 2 is 2.08 bits per heavy atom. The van der Waals surface area contributed by atoms with Gasteiger partial charge in [-0.25, -0.2) is 4.79 Å². The number of hydrogen-bond donors (Lipinski definition) is 2. The van der Waals surface area contributed by atoms with Crippen LogP contribution in [-0.4, -0.2) is 21.8 Å². The summed E-state index contributed by atoms with van der Waals surface area (Å²) < 4.78 is 0. The Labute approximate surface area is 71.4 Å². The summed E-state index contributed by atoms with van der Waals surface area (Å²) in [5.41, 5.74) is -1.39. The fourth-order valence-corrected chi connectivity index (χ4v) is 2.93. The maximum atomic E-state index is 10.8. The molecule has 0 aliphatic heterocycles. The van der Waals surface area contributed by atoms with Crippen molar-refractivity contribution < 1.29 is 15.0 Å². The van der Waals surface area contributed by atoms with Gasteiger partial charge in [0.15, 0.2) is 5.60 Å². The van der Waals surface area contributed by atoms with E-state index in [9.17, 15) is 9.90 Å². The molecule has 12 heavy (non-hydrogen) atoms. The van der Waals surface area contributed by atoms with Gasteiger partial charge in [0.2, 0.25) is 0 Å². The minimum absolute atomic E-state index is 0.0347. The molecular weight excluding hydrogens is 156 g/mol. The van der Waals surface area contributed by atoms with Crippen LogP contribution < -0.4 is 0 Å². The Morgan fingerprint density at radius 1 is 1.50 bits per heavy atom. The summed E-state index contributed by atoms with van der Waals surface area (Å²) in [6, 6.07) is 0. The Kier molecular flexibility index (Phi) is 1.24. The van der Waals surface area contributed by atoms with Gasteiger partial charge in [-0.2, -0.15) is 0 Å². The average Bonchev–Trinajstić information content (AvgIpc) is 2.39. The minimum Gasteiger partial charge on any atom is -0.479 e. The first kappa shape index (κ1) is 8.05. The van der Waals surface area contributed by atoms with Gasteiger partial charge in [0, 0.05) is 5.92 Å². The second-order valence-corrected chi connectivity index (χ2v) is 4.74. The molecule has 68 valence electrons. The summed E-state index contributed by atoms with van der Waals surface area (Å²) in [6.07, 6.45) is 1.33. The second kappa shape index (κ2) is 1.84. The first-order chi connectivity index (χ1) is 5.39. The molecule has 0 spiro atoms. The van der Waals surface area contributed by atoms with Crippen LogP contribution >= 0.6 is 0 Å². The molecule has 3 saturated carbocycles. The smallest absolute Gasteiger partial charge is 0.335 e. The lowest BCUT2D eigenvalue weighted by Gasteiger charge is -2.45. The fraction of sp³-hybridized carbons (Fsp3) is 0.889. The van der Waals surface area contributed by atoms with Gasteiger partial charge in [0.25, 0.3) is 0 Å². The van der Waals surface area contributed by atoms with Crippen molar-refractivity contribution in [1.82, 2.24) is 0 Å². The number of aliphatic carboxylic acids is 1. The highest BCUT2D eigenvalue weighted by molar-refractivity contribution is 5.79. The summed E-state index contributed by atoms with van der Waals surface area (Å²) in [4.78, 5) is 10.8. The SMILES string of the molecule is CC1(C)[C@H]2C[C@@H]1[C@](O)(C(=O)O)C2. The largest absolute Gasteiger partial charge is 0.479 e. The van der Waals surface area contributed by atoms with Gasteiger partial charge in [0.1, 0.15) is 0 Å². The van der Waals surface area contributed by atoms with E-state index in [1.54, 1.807) is 0 Å². The molecule has 0 aromatic carbocycles. The second-order valence-electron chi connectivity index (χ2n) is 4.74. The zero-order chi connectivity index (χ0) is 9.15. The van der Waals surface area contributed by atoms with Gasteiger partial charge >= 0.3 is 5.97 Å². The van der Waals surface area contributed by atoms with Crippen LogP contribution in [0.2, 0.25) is 0 Å². The van der Waals surface area contributed by atoms with Gasteiger partial charge in [0.05, 0.1) is 0 Å². The molecule has 0 heterocycles. The molecule has 0 unspecified atom stereocenters. The van der Waals surface area contributed by atoms with Crippen LogP contribution in [-0.2, 0) is 4.79 Å². The molecule has 2 bridgehead atoms. The van der Waals surface area contributed by atoms with Gasteiger partial charge in [-0.3, -0.25) is 0 Å². The number of carbonyl (C=O) groups is 1. The van der Waals surface area contributed by atoms with Crippen LogP contribution in [0, 0.1) is 17.3 Å². The van der Waals surface area contributed by atoms with E-state index in [0.29, 0.717) is 12.3 Å². The minimum atomic E-state index is -1.42. The summed E-state index contributed by atoms with van der Waals surface area (Å²) in [5.74, 6) is -0.670. The van der Waals surface area contributed by atoms with Crippen molar-refractivity contribution in [2.24, 2.45) is 17.3 Å². The van der Waals surface area contributed by atoms with Crippen molar-refractivity contribution in [3.05, 3.63) is 0 Å². The van der Waals surface area contributed by atoms with Gasteiger partial charge in [-0.1, -0.05) is 13.8 Å². The van der Waals surface area contributed by atoms with E-state index in [1.165, 1.54) is 0 Å². The van der Waals surface area contributed by atoms with Crippen molar-refractivity contribution in [2.75, 3.05) is 0 Å². The summed E-state index contributed by atoms with van der Waals surface area (Å²) in [5, 5.41) is 18.7. The highest BCUT2D eigenvalue weighted by Gasteiger charge is 2.68. The summed E-state index contributed by atoms with van der Waals surface area (Å²) in [7, 11) is 0. The molecule has 0 aromatic rings. The highest BCUT2D eigenvalue weighted by atomic mass is 16.4. The number of hydrogen-bond acceptors (Lipinski definition) is 2. The Bertz CT molecular complexity index is 246. The number of rotatable bonds is 1. The van der Waals surface area contributed by atoms with Gasteiger partial charge in [-0.15, -0.1) is 0 Å². The average molecular weight is 170 g/mol. The maximum absolute atomic E-state index is 10.8. The molecule has 3 rings (SSSR count). The third-order valence-corrected chi connectivity index (χ3v) is 3.97. The zero-order valence-electron chi connectivity index (χ0n) is 7.37. The molecule has 3 aliphatic carbocycles. The molecule has 0 amide bonds. The maximum Gasteiger partial charge on any atom is 0.335 e. The van der Waals surface area contributed by atoms with Crippen molar-refractivity contribution in [3.8, 4) is 0 Å². The molecule has 3 nitrogen and oxygen atoms in total. The van der Waals surface area contributed by atoms with E-state index in [4.69, 9.17) is 5.11 Å². The standard InChI is InChI=1S/C9H14O3/c1-8(2)5-3-6(8)9(12,4-5)7(10)11/h5-6,12H,3-4H2,1-2H3,(H,10,11)/t5-,6-,9-/m0/s1. The third-order valence-electron chi connectivity index (χ3n) is 3.97. The lowest BCUT2D eigenvalue weighted by Crippen LogP contribution is -2.48. The van der Waals surface area contributed by atoms with Crippen LogP contribution in [0.1, 0.15) is 26.7 Å². The van der Waals surface area contributed by atoms with Crippen LogP contribution in [0.25, 0.3) is 0 Å². The van der Waals surface area contributed by atoms with Crippen LogP contribution in [0.15, 0.2) is 0 Å². The molecule has 0 saturated heterocycles. The van der Waals surface area contributed by atoms with Crippen LogP contribution in [0.3, 0.4) is 0 Å². The van der Waals surface area contributed by atoms with Gasteiger partial charge in [-0.05, 0) is 24.2 Å². The predicted octanol–water partition coefficient (Wildman–Crippen LogP) is 0.868. The van der Waals surface area contributed by atoms with Crippen molar-refractivity contribution in [2.45, 2.75) is 32.3 Å². The molecule has 3 fully saturated rings. The summed E-state index contributed by atoms with van der Waals surface area (Å²) in [6.45, 7) is 4.10. The van der Waals surface area contributed by atoms with E-state index >= 15 is 0 Å². The number of carboxylic acids is 1. The van der Waals surface area contributed by atoms with Crippen LogP contribution in [0.5, 0.6) is 0 Å². The summed E-state index contributed by atoms with van der Waals surface area (Å²) >= 11 is 0. The zero-order valence-corrected chi connectivity index (χ0v) is 7.37. The quantitative estimate of drug-likeness (QED) is 0.614. The molecule has 3 atom stereocenters. The van der Waals surface area contributed by atoms with E-state index in [0.717, 1.165) is 6.42 Å². The first-order valence-corrected chi connectivity index (χ1v) is 4.35. The normalized spacial score (nSPS) is 48.6. The predicted molar refractivity (Wildman–Crippen MR) is 42.6 cm³/mol. The monoisotopic (exact) mass is 170 g/mol. The molecule has 3 aliphatic rings. The molecule has 0 radical (unpaired) electrons. The van der Waals surface area contributed by atoms with Crippen LogP contribution in [0.4, 0.5) is 0 Å². The lowest BCUT2D eigenvalue weighted by atomic mass is 9.59. The van der Waals surface area contributed by atoms with Crippen molar-refractivity contribution in [3.63, 3.8) is 0 Å². The number of carboxylic acid groups (broad SMARTS) is 1. The third kappa shape index (κ3) is 0.637. The Balaban J connectivity index is 2.31. The fourth-order valence-electron chi connectivity index (χ4n) is 2.93. The molecule has 2 N–H and O–H groups in total. The lowest BCUT2D eigenvalue weighted by molar-refractivity contribution is -0.165. The van der Waals surface area contributed by atoms with Crippen molar-refractivity contribution >= 4 is 5.97 Å². The molecule has 3 heteroatoms. The highest BCUT2D eigenvalue weighted by Crippen LogP contribution is 2.66.